The zero-order chi connectivity index (χ0) is 19.6. The van der Waals surface area contributed by atoms with Gasteiger partial charge in [0.1, 0.15) is 6.29 Å². The number of hydrogen-bond acceptors (Lipinski definition) is 5. The number of anilines is 1. The van der Waals surface area contributed by atoms with Crippen LogP contribution in [0.5, 0.6) is 0 Å². The molecule has 6 heteroatoms. The van der Waals surface area contributed by atoms with E-state index in [1.807, 2.05) is 57.4 Å². The predicted octanol–water partition coefficient (Wildman–Crippen LogP) is 2.94. The van der Waals surface area contributed by atoms with Crippen molar-refractivity contribution < 1.29 is 14.3 Å². The maximum atomic E-state index is 12.0. The molecule has 0 atom stereocenters. The van der Waals surface area contributed by atoms with E-state index >= 15 is 0 Å². The van der Waals surface area contributed by atoms with Gasteiger partial charge in [0.25, 0.3) is 0 Å². The molecule has 1 aromatic heterocycles. The molecule has 0 amide bonds. The molecule has 0 aliphatic heterocycles. The van der Waals surface area contributed by atoms with E-state index in [1.165, 1.54) is 7.11 Å². The lowest BCUT2D eigenvalue weighted by atomic mass is 9.84. The fraction of sp³-hybridized carbons (Fsp3) is 0.450. The molecule has 1 aromatic carbocycles. The number of hydrogen-bond donors (Lipinski definition) is 0. The number of aldehydes is 1. The number of rotatable bonds is 6. The minimum atomic E-state index is -0.671. The third-order valence-electron chi connectivity index (χ3n) is 4.87. The van der Waals surface area contributed by atoms with E-state index in [0.717, 1.165) is 34.5 Å². The first kappa shape index (κ1) is 19.7. The molecule has 0 aliphatic carbocycles. The quantitative estimate of drug-likeness (QED) is 0.587. The van der Waals surface area contributed by atoms with Crippen LogP contribution in [0.15, 0.2) is 18.2 Å². The Balaban J connectivity index is 2.53. The highest BCUT2D eigenvalue weighted by atomic mass is 16.5. The molecule has 0 radical (unpaired) electrons. The van der Waals surface area contributed by atoms with E-state index in [-0.39, 0.29) is 0 Å². The van der Waals surface area contributed by atoms with Gasteiger partial charge in [-0.3, -0.25) is 4.68 Å². The van der Waals surface area contributed by atoms with E-state index in [9.17, 15) is 9.59 Å². The van der Waals surface area contributed by atoms with Crippen LogP contribution in [0.1, 0.15) is 46.7 Å². The van der Waals surface area contributed by atoms with Crippen molar-refractivity contribution in [1.82, 2.24) is 9.78 Å². The summed E-state index contributed by atoms with van der Waals surface area (Å²) in [5, 5.41) is 4.46. The summed E-state index contributed by atoms with van der Waals surface area (Å²) >= 11 is 0. The van der Waals surface area contributed by atoms with Crippen LogP contribution in [0, 0.1) is 13.8 Å². The largest absolute Gasteiger partial charge is 0.465 e. The average molecular weight is 357 g/mol. The maximum absolute atomic E-state index is 12.0. The minimum absolute atomic E-state index is 0.400. The normalized spacial score (nSPS) is 11.3. The Hall–Kier alpha value is -2.63. The fourth-order valence-electron chi connectivity index (χ4n) is 3.04. The van der Waals surface area contributed by atoms with E-state index in [1.54, 1.807) is 12.1 Å². The lowest BCUT2D eigenvalue weighted by molar-refractivity contribution is -0.111. The highest BCUT2D eigenvalue weighted by molar-refractivity contribution is 5.91. The Morgan fingerprint density at radius 1 is 1.35 bits per heavy atom. The summed E-state index contributed by atoms with van der Waals surface area (Å²) in [6.07, 6.45) is 0.928. The monoisotopic (exact) mass is 357 g/mol. The lowest BCUT2D eigenvalue weighted by Gasteiger charge is -2.28. The van der Waals surface area contributed by atoms with Gasteiger partial charge in [-0.05, 0) is 51.0 Å². The van der Waals surface area contributed by atoms with Gasteiger partial charge in [-0.2, -0.15) is 5.10 Å². The van der Waals surface area contributed by atoms with Crippen LogP contribution in [0.3, 0.4) is 0 Å². The van der Waals surface area contributed by atoms with Crippen molar-refractivity contribution in [2.24, 2.45) is 7.05 Å². The average Bonchev–Trinajstić information content (AvgIpc) is 2.86. The second kappa shape index (κ2) is 7.32. The molecular formula is C20H27N3O3. The summed E-state index contributed by atoms with van der Waals surface area (Å²) in [6.45, 7) is 8.37. The fourth-order valence-corrected chi connectivity index (χ4v) is 3.04. The van der Waals surface area contributed by atoms with Crippen LogP contribution >= 0.6 is 0 Å². The molecule has 0 unspecified atom stereocenters. The first-order valence-electron chi connectivity index (χ1n) is 8.51. The molecule has 2 rings (SSSR count). The molecule has 1 heterocycles. The summed E-state index contributed by atoms with van der Waals surface area (Å²) in [7, 11) is 5.23. The van der Waals surface area contributed by atoms with Gasteiger partial charge in [0.2, 0.25) is 0 Å². The number of carbonyl (C=O) groups is 2. The zero-order valence-corrected chi connectivity index (χ0v) is 16.6. The van der Waals surface area contributed by atoms with E-state index in [0.29, 0.717) is 12.1 Å². The lowest BCUT2D eigenvalue weighted by Crippen LogP contribution is -2.27. The Morgan fingerprint density at radius 2 is 2.00 bits per heavy atom. The summed E-state index contributed by atoms with van der Waals surface area (Å²) < 4.78 is 6.71. The standard InChI is InChI=1S/C20H27N3O3/c1-13-14(2)21-23(6)18(13)11-22(5)17-10-15(19(25)26-7)8-9-16(17)20(3,4)12-24/h8-10,12H,11H2,1-7H3. The minimum Gasteiger partial charge on any atom is -0.465 e. The number of aromatic nitrogens is 2. The molecule has 0 aliphatic rings. The van der Waals surface area contributed by atoms with Crippen molar-refractivity contribution in [3.63, 3.8) is 0 Å². The number of ether oxygens (including phenoxy) is 1. The van der Waals surface area contributed by atoms with Crippen LogP contribution in [-0.2, 0) is 28.5 Å². The van der Waals surface area contributed by atoms with Crippen molar-refractivity contribution in [2.45, 2.75) is 39.7 Å². The highest BCUT2D eigenvalue weighted by Gasteiger charge is 2.26. The number of aryl methyl sites for hydroxylation is 2. The first-order valence-corrected chi connectivity index (χ1v) is 8.51. The molecular weight excluding hydrogens is 330 g/mol. The van der Waals surface area contributed by atoms with E-state index in [2.05, 4.69) is 5.10 Å². The van der Waals surface area contributed by atoms with Crippen molar-refractivity contribution in [1.29, 1.82) is 0 Å². The second-order valence-electron chi connectivity index (χ2n) is 7.20. The first-order chi connectivity index (χ1) is 12.1. The molecule has 0 bridgehead atoms. The molecule has 140 valence electrons. The van der Waals surface area contributed by atoms with Gasteiger partial charge in [0.15, 0.2) is 0 Å². The third kappa shape index (κ3) is 3.64. The zero-order valence-electron chi connectivity index (χ0n) is 16.6. The number of methoxy groups -OCH3 is 1. The summed E-state index contributed by atoms with van der Waals surface area (Å²) in [4.78, 5) is 25.6. The Labute approximate surface area is 154 Å². The van der Waals surface area contributed by atoms with Gasteiger partial charge in [-0.25, -0.2) is 4.79 Å². The highest BCUT2D eigenvalue weighted by Crippen LogP contribution is 2.33. The molecule has 0 fully saturated rings. The summed E-state index contributed by atoms with van der Waals surface area (Å²) in [5.74, 6) is -0.400. The van der Waals surface area contributed by atoms with Gasteiger partial charge >= 0.3 is 5.97 Å². The smallest absolute Gasteiger partial charge is 0.337 e. The Kier molecular flexibility index (Phi) is 5.54. The van der Waals surface area contributed by atoms with Crippen molar-refractivity contribution >= 4 is 17.9 Å². The van der Waals surface area contributed by atoms with Gasteiger partial charge in [0.05, 0.1) is 30.6 Å². The van der Waals surface area contributed by atoms with Crippen LogP contribution in [0.2, 0.25) is 0 Å². The molecule has 6 nitrogen and oxygen atoms in total. The van der Waals surface area contributed by atoms with Crippen molar-refractivity contribution in [3.05, 3.63) is 46.3 Å². The third-order valence-corrected chi connectivity index (χ3v) is 4.87. The molecule has 2 aromatic rings. The Morgan fingerprint density at radius 3 is 2.50 bits per heavy atom. The molecule has 0 N–H and O–H groups in total. The molecule has 0 spiro atoms. The van der Waals surface area contributed by atoms with Gasteiger partial charge in [-0.1, -0.05) is 6.07 Å². The van der Waals surface area contributed by atoms with Crippen LogP contribution in [0.4, 0.5) is 5.69 Å². The number of benzene rings is 1. The molecule has 0 saturated heterocycles. The van der Waals surface area contributed by atoms with Gasteiger partial charge in [0, 0.05) is 25.2 Å². The van der Waals surface area contributed by atoms with Crippen LogP contribution < -0.4 is 4.90 Å². The van der Waals surface area contributed by atoms with Crippen LogP contribution in [-0.4, -0.2) is 36.2 Å². The number of carbonyl (C=O) groups excluding carboxylic acids is 2. The number of nitrogens with zero attached hydrogens (tertiary/aromatic N) is 3. The molecule has 26 heavy (non-hydrogen) atoms. The van der Waals surface area contributed by atoms with Crippen molar-refractivity contribution in [3.8, 4) is 0 Å². The van der Waals surface area contributed by atoms with Gasteiger partial charge < -0.3 is 14.4 Å². The number of esters is 1. The van der Waals surface area contributed by atoms with E-state index in [4.69, 9.17) is 4.74 Å². The van der Waals surface area contributed by atoms with E-state index < -0.39 is 11.4 Å². The molecule has 0 saturated carbocycles. The summed E-state index contributed by atoms with van der Waals surface area (Å²) in [5.41, 5.74) is 4.69. The SMILES string of the molecule is COC(=O)c1ccc(C(C)(C)C=O)c(N(C)Cc2c(C)c(C)nn2C)c1. The van der Waals surface area contributed by atoms with Crippen molar-refractivity contribution in [2.75, 3.05) is 19.1 Å². The Bertz CT molecular complexity index is 837. The topological polar surface area (TPSA) is 64.4 Å². The van der Waals surface area contributed by atoms with Crippen LogP contribution in [0.25, 0.3) is 0 Å². The predicted molar refractivity (Wildman–Crippen MR) is 102 cm³/mol. The summed E-state index contributed by atoms with van der Waals surface area (Å²) in [6, 6.07) is 5.31. The second-order valence-corrected chi connectivity index (χ2v) is 7.20. The van der Waals surface area contributed by atoms with Gasteiger partial charge in [-0.15, -0.1) is 0 Å². The maximum Gasteiger partial charge on any atom is 0.337 e.